The van der Waals surface area contributed by atoms with Gasteiger partial charge in [-0.05, 0) is 27.7 Å². The van der Waals surface area contributed by atoms with Crippen LogP contribution < -0.4 is 11.2 Å². The van der Waals surface area contributed by atoms with E-state index in [1.165, 1.54) is 16.8 Å². The minimum atomic E-state index is -1.58. The molecule has 0 radical (unpaired) electrons. The minimum Gasteiger partial charge on any atom is -0.367 e. The van der Waals surface area contributed by atoms with Gasteiger partial charge >= 0.3 is 5.69 Å². The van der Waals surface area contributed by atoms with Crippen LogP contribution in [0.1, 0.15) is 40.3 Å². The number of hydrogen-bond acceptors (Lipinski definition) is 10. The number of hydrogen-bond donors (Lipinski definition) is 1. The van der Waals surface area contributed by atoms with Gasteiger partial charge < -0.3 is 18.5 Å². The third-order valence-electron chi connectivity index (χ3n) is 7.24. The molecule has 3 fully saturated rings. The summed E-state index contributed by atoms with van der Waals surface area (Å²) in [6.07, 6.45) is 5.26. The Hall–Kier alpha value is -2.12. The number of H-pyrrole nitrogens is 1. The summed E-state index contributed by atoms with van der Waals surface area (Å²) in [5.41, 5.74) is -1.91. The van der Waals surface area contributed by atoms with Crippen molar-refractivity contribution in [3.63, 3.8) is 0 Å². The van der Waals surface area contributed by atoms with Crippen molar-refractivity contribution in [2.75, 3.05) is 52.5 Å². The molecule has 4 heterocycles. The second-order valence-electron chi connectivity index (χ2n) is 10.7. The van der Waals surface area contributed by atoms with Crippen molar-refractivity contribution in [3.8, 4) is 18.4 Å². The van der Waals surface area contributed by atoms with Crippen LogP contribution in [-0.4, -0.2) is 106 Å². The number of terminal acetylenes is 1. The van der Waals surface area contributed by atoms with E-state index < -0.39 is 43.8 Å². The zero-order valence-electron chi connectivity index (χ0n) is 23.1. The third-order valence-corrected chi connectivity index (χ3v) is 9.35. The van der Waals surface area contributed by atoms with Crippen molar-refractivity contribution in [2.24, 2.45) is 0 Å². The highest BCUT2D eigenvalue weighted by Crippen LogP contribution is 2.55. The first-order chi connectivity index (χ1) is 18.7. The molecular weight excluding hydrogens is 523 g/mol. The second-order valence-corrected chi connectivity index (χ2v) is 12.1. The average molecular weight is 563 g/mol. The zero-order valence-corrected chi connectivity index (χ0v) is 24.0. The van der Waals surface area contributed by atoms with E-state index in [9.17, 15) is 9.59 Å². The Morgan fingerprint density at radius 1 is 1.23 bits per heavy atom. The molecule has 4 rings (SSSR count). The maximum Gasteiger partial charge on any atom is 0.330 e. The molecule has 0 aromatic carbocycles. The van der Waals surface area contributed by atoms with E-state index >= 15 is 0 Å². The van der Waals surface area contributed by atoms with Gasteiger partial charge in [-0.3, -0.25) is 24.1 Å². The van der Waals surface area contributed by atoms with Crippen LogP contribution in [0.25, 0.3) is 0 Å². The minimum absolute atomic E-state index is 0.122. The number of piperazine rings is 1. The molecule has 39 heavy (non-hydrogen) atoms. The number of nitrogens with zero attached hydrogens (tertiary/aromatic N) is 5. The Bertz CT molecular complexity index is 1160. The fourth-order valence-electron chi connectivity index (χ4n) is 5.52. The number of nitrogens with one attached hydrogen (secondary N) is 1. The molecule has 0 spiro atoms. The topological polar surface area (TPSA) is 125 Å². The van der Waals surface area contributed by atoms with Gasteiger partial charge in [0.1, 0.15) is 17.8 Å². The molecule has 2 bridgehead atoms. The number of aromatic nitrogens is 2. The molecule has 13 heteroatoms. The fourth-order valence-corrected chi connectivity index (χ4v) is 7.33. The highest BCUT2D eigenvalue weighted by molar-refractivity contribution is 7.44. The van der Waals surface area contributed by atoms with Crippen LogP contribution in [0.4, 0.5) is 0 Å². The van der Waals surface area contributed by atoms with E-state index in [0.717, 1.165) is 26.2 Å². The van der Waals surface area contributed by atoms with Gasteiger partial charge in [0.25, 0.3) is 14.1 Å². The Kier molecular flexibility index (Phi) is 9.97. The van der Waals surface area contributed by atoms with Crippen LogP contribution in [0.2, 0.25) is 0 Å². The van der Waals surface area contributed by atoms with Crippen molar-refractivity contribution < 1.29 is 18.5 Å². The Morgan fingerprint density at radius 3 is 2.54 bits per heavy atom. The first-order valence-corrected chi connectivity index (χ1v) is 14.6. The maximum absolute atomic E-state index is 12.7. The van der Waals surface area contributed by atoms with Crippen LogP contribution in [0.5, 0.6) is 0 Å². The lowest BCUT2D eigenvalue weighted by Crippen LogP contribution is -2.56. The zero-order chi connectivity index (χ0) is 28.2. The summed E-state index contributed by atoms with van der Waals surface area (Å²) in [7, 11) is -1.58. The molecule has 214 valence electrons. The number of aromatic amines is 1. The molecule has 1 N–H and O–H groups in total. The van der Waals surface area contributed by atoms with Crippen LogP contribution in [0.3, 0.4) is 0 Å². The monoisotopic (exact) mass is 562 g/mol. The van der Waals surface area contributed by atoms with Crippen LogP contribution in [-0.2, 0) is 18.5 Å². The summed E-state index contributed by atoms with van der Waals surface area (Å²) in [4.78, 5) is 31.3. The highest BCUT2D eigenvalue weighted by atomic mass is 31.2. The average Bonchev–Trinajstić information content (AvgIpc) is 3.35. The quantitative estimate of drug-likeness (QED) is 0.225. The number of nitriles is 1. The van der Waals surface area contributed by atoms with E-state index in [4.69, 9.17) is 30.2 Å². The maximum atomic E-state index is 12.7. The summed E-state index contributed by atoms with van der Waals surface area (Å²) in [6.45, 7) is 13.3. The van der Waals surface area contributed by atoms with Crippen molar-refractivity contribution in [1.82, 2.24) is 24.0 Å². The van der Waals surface area contributed by atoms with Crippen LogP contribution >= 0.6 is 8.53 Å². The van der Waals surface area contributed by atoms with E-state index in [2.05, 4.69) is 59.1 Å². The van der Waals surface area contributed by atoms with Gasteiger partial charge in [-0.25, -0.2) is 9.46 Å². The molecular formula is C26H39N6O6P. The highest BCUT2D eigenvalue weighted by Gasteiger charge is 2.64. The first kappa shape index (κ1) is 29.9. The molecule has 3 aliphatic heterocycles. The van der Waals surface area contributed by atoms with Crippen molar-refractivity contribution >= 4 is 8.53 Å². The normalized spacial score (nSPS) is 28.3. The molecule has 1 aromatic rings. The fraction of sp³-hybridized carbons (Fsp3) is 0.731. The van der Waals surface area contributed by atoms with Gasteiger partial charge in [0.2, 0.25) is 0 Å². The molecule has 3 saturated heterocycles. The summed E-state index contributed by atoms with van der Waals surface area (Å²) in [5, 5.41) is 9.10. The van der Waals surface area contributed by atoms with E-state index in [1.54, 1.807) is 0 Å². The molecule has 1 aromatic heterocycles. The predicted molar refractivity (Wildman–Crippen MR) is 146 cm³/mol. The van der Waals surface area contributed by atoms with Crippen molar-refractivity contribution in [3.05, 3.63) is 33.1 Å². The molecule has 12 nitrogen and oxygen atoms in total. The summed E-state index contributed by atoms with van der Waals surface area (Å²) < 4.78 is 29.4. The van der Waals surface area contributed by atoms with Crippen LogP contribution in [0, 0.1) is 23.7 Å². The standard InChI is InChI=1S/C26H39N6O6P/c1-6-10-29-12-14-30(15-13-29)17-26-18-35-22(24(37-26)31-11-8-21(33)28-25(31)34)23(26)38-39(36-16-7-9-27)32(19(2)3)20(4)5/h1,8,11,19-20,22-24H,7,10,12-18H2,2-5H3,(H,28,33,34)/t22?,23?,24-,26+,39?/m1/s1. The van der Waals surface area contributed by atoms with E-state index in [-0.39, 0.29) is 25.1 Å². The molecule has 3 unspecified atom stereocenters. The van der Waals surface area contributed by atoms with Gasteiger partial charge in [-0.2, -0.15) is 5.26 Å². The molecule has 0 amide bonds. The number of fused-ring (bicyclic) bond motifs is 2. The third kappa shape index (κ3) is 6.62. The van der Waals surface area contributed by atoms with Crippen LogP contribution in [0.15, 0.2) is 21.9 Å². The van der Waals surface area contributed by atoms with Gasteiger partial charge in [-0.1, -0.05) is 5.92 Å². The van der Waals surface area contributed by atoms with Gasteiger partial charge in [0, 0.05) is 57.1 Å². The second kappa shape index (κ2) is 13.0. The summed E-state index contributed by atoms with van der Waals surface area (Å²) in [5.74, 6) is 2.71. The van der Waals surface area contributed by atoms with E-state index in [1.807, 2.05) is 0 Å². The molecule has 5 atom stereocenters. The van der Waals surface area contributed by atoms with Crippen molar-refractivity contribution in [1.29, 1.82) is 5.26 Å². The lowest BCUT2D eigenvalue weighted by atomic mass is 9.98. The van der Waals surface area contributed by atoms with Gasteiger partial charge in [0.15, 0.2) is 6.23 Å². The Morgan fingerprint density at radius 2 is 1.92 bits per heavy atom. The smallest absolute Gasteiger partial charge is 0.330 e. The first-order valence-electron chi connectivity index (χ1n) is 13.4. The lowest BCUT2D eigenvalue weighted by molar-refractivity contribution is -0.182. The predicted octanol–water partition coefficient (Wildman–Crippen LogP) is 1.11. The molecule has 0 saturated carbocycles. The Balaban J connectivity index is 1.64. The molecule has 3 aliphatic rings. The Labute approximate surface area is 230 Å². The van der Waals surface area contributed by atoms with Gasteiger partial charge in [0.05, 0.1) is 32.2 Å². The largest absolute Gasteiger partial charge is 0.367 e. The summed E-state index contributed by atoms with van der Waals surface area (Å²) in [6, 6.07) is 3.67. The van der Waals surface area contributed by atoms with Crippen molar-refractivity contribution in [2.45, 2.75) is 70.2 Å². The number of rotatable bonds is 12. The van der Waals surface area contributed by atoms with Gasteiger partial charge in [-0.15, -0.1) is 6.42 Å². The van der Waals surface area contributed by atoms with E-state index in [0.29, 0.717) is 19.7 Å². The SMILES string of the molecule is C#CCN1CCN(C[C@]23COC(C2OP(OCCC#N)N(C(C)C)C(C)C)[C@H](n2ccc(=O)[nH]c2=O)O3)CC1. The lowest BCUT2D eigenvalue weighted by Gasteiger charge is -2.41. The number of ether oxygens (including phenoxy) is 2. The molecule has 0 aliphatic carbocycles. The summed E-state index contributed by atoms with van der Waals surface area (Å²) >= 11 is 0.